The molecular weight excluding hydrogens is 238 g/mol. The molecule has 0 amide bonds. The summed E-state index contributed by atoms with van der Waals surface area (Å²) in [4.78, 5) is 4.39. The van der Waals surface area contributed by atoms with Crippen LogP contribution in [0, 0.1) is 5.92 Å². The van der Waals surface area contributed by atoms with Gasteiger partial charge in [0.2, 0.25) is 0 Å². The Bertz CT molecular complexity index is 564. The minimum absolute atomic E-state index is 0.283. The first kappa shape index (κ1) is 12.2. The summed E-state index contributed by atoms with van der Waals surface area (Å²) < 4.78 is 0. The molecule has 1 aliphatic heterocycles. The highest BCUT2D eigenvalue weighted by Gasteiger charge is 2.13. The van der Waals surface area contributed by atoms with Crippen LogP contribution in [0.3, 0.4) is 0 Å². The highest BCUT2D eigenvalue weighted by molar-refractivity contribution is 5.92. The molecule has 0 saturated carbocycles. The van der Waals surface area contributed by atoms with Crippen molar-refractivity contribution in [2.24, 2.45) is 5.92 Å². The van der Waals surface area contributed by atoms with Crippen LogP contribution in [0.15, 0.2) is 30.5 Å². The fraction of sp³-hybridized carbons (Fsp3) is 0.400. The molecule has 0 atom stereocenters. The topological polar surface area (TPSA) is 57.2 Å². The number of aromatic hydroxyl groups is 1. The molecule has 3 N–H and O–H groups in total. The Balaban J connectivity index is 1.78. The lowest BCUT2D eigenvalue weighted by Gasteiger charge is -2.23. The molecule has 1 aromatic heterocycles. The number of pyridine rings is 1. The van der Waals surface area contributed by atoms with Crippen LogP contribution in [0.2, 0.25) is 0 Å². The van der Waals surface area contributed by atoms with Crippen molar-refractivity contribution < 1.29 is 5.11 Å². The Morgan fingerprint density at radius 2 is 2.11 bits per heavy atom. The predicted octanol–water partition coefficient (Wildman–Crippen LogP) is 2.35. The number of phenols is 1. The molecule has 4 heteroatoms. The summed E-state index contributed by atoms with van der Waals surface area (Å²) in [5.41, 5.74) is 0. The highest BCUT2D eigenvalue weighted by Crippen LogP contribution is 2.25. The van der Waals surface area contributed by atoms with Gasteiger partial charge in [-0.2, -0.15) is 0 Å². The lowest BCUT2D eigenvalue weighted by atomic mass is 9.98. The van der Waals surface area contributed by atoms with E-state index in [-0.39, 0.29) is 5.75 Å². The first-order valence-corrected chi connectivity index (χ1v) is 6.85. The van der Waals surface area contributed by atoms with Gasteiger partial charge in [0.05, 0.1) is 0 Å². The van der Waals surface area contributed by atoms with E-state index >= 15 is 0 Å². The van der Waals surface area contributed by atoms with Crippen molar-refractivity contribution in [3.05, 3.63) is 30.5 Å². The molecule has 3 rings (SSSR count). The van der Waals surface area contributed by atoms with Crippen LogP contribution in [0.25, 0.3) is 10.8 Å². The summed E-state index contributed by atoms with van der Waals surface area (Å²) in [7, 11) is 0. The number of phenolic OH excluding ortho intramolecular Hbond substituents is 1. The van der Waals surface area contributed by atoms with E-state index in [1.54, 1.807) is 12.1 Å². The lowest BCUT2D eigenvalue weighted by Crippen LogP contribution is -2.31. The third-order valence-corrected chi connectivity index (χ3v) is 3.77. The molecule has 0 bridgehead atoms. The molecule has 1 saturated heterocycles. The number of benzene rings is 1. The minimum Gasteiger partial charge on any atom is -0.508 e. The monoisotopic (exact) mass is 257 g/mol. The number of fused-ring (bicyclic) bond motifs is 1. The largest absolute Gasteiger partial charge is 0.508 e. The summed E-state index contributed by atoms with van der Waals surface area (Å²) in [6.07, 6.45) is 4.23. The van der Waals surface area contributed by atoms with Crippen molar-refractivity contribution in [2.45, 2.75) is 12.8 Å². The van der Waals surface area contributed by atoms with Crippen molar-refractivity contribution >= 4 is 16.6 Å². The van der Waals surface area contributed by atoms with Gasteiger partial charge in [-0.05, 0) is 55.4 Å². The number of rotatable bonds is 3. The maximum absolute atomic E-state index is 9.61. The minimum atomic E-state index is 0.283. The number of nitrogens with one attached hydrogen (secondary N) is 2. The maximum atomic E-state index is 9.61. The molecule has 2 aromatic rings. The number of hydrogen-bond donors (Lipinski definition) is 3. The van der Waals surface area contributed by atoms with Gasteiger partial charge in [-0.3, -0.25) is 0 Å². The molecule has 1 aromatic carbocycles. The van der Waals surface area contributed by atoms with Crippen molar-refractivity contribution in [2.75, 3.05) is 25.0 Å². The molecule has 0 unspecified atom stereocenters. The average Bonchev–Trinajstić information content (AvgIpc) is 2.46. The predicted molar refractivity (Wildman–Crippen MR) is 77.5 cm³/mol. The van der Waals surface area contributed by atoms with Gasteiger partial charge < -0.3 is 15.7 Å². The van der Waals surface area contributed by atoms with Crippen LogP contribution in [0.4, 0.5) is 5.82 Å². The SMILES string of the molecule is Oc1ccc2ccnc(NCC3CCNCC3)c2c1. The second-order valence-corrected chi connectivity index (χ2v) is 5.14. The summed E-state index contributed by atoms with van der Waals surface area (Å²) in [5, 5.41) is 18.5. The molecule has 0 spiro atoms. The van der Waals surface area contributed by atoms with Crippen LogP contribution in [-0.2, 0) is 0 Å². The van der Waals surface area contributed by atoms with Gasteiger partial charge in [0.25, 0.3) is 0 Å². The van der Waals surface area contributed by atoms with Crippen LogP contribution >= 0.6 is 0 Å². The molecule has 1 aliphatic rings. The van der Waals surface area contributed by atoms with E-state index in [1.165, 1.54) is 12.8 Å². The summed E-state index contributed by atoms with van der Waals surface area (Å²) >= 11 is 0. The Morgan fingerprint density at radius 1 is 1.26 bits per heavy atom. The van der Waals surface area contributed by atoms with E-state index in [0.29, 0.717) is 5.92 Å². The Hall–Kier alpha value is -1.81. The molecule has 1 fully saturated rings. The van der Waals surface area contributed by atoms with Gasteiger partial charge in [0, 0.05) is 18.1 Å². The van der Waals surface area contributed by atoms with Crippen LogP contribution < -0.4 is 10.6 Å². The lowest BCUT2D eigenvalue weighted by molar-refractivity contribution is 0.389. The number of piperidine rings is 1. The van der Waals surface area contributed by atoms with E-state index in [2.05, 4.69) is 15.6 Å². The van der Waals surface area contributed by atoms with Gasteiger partial charge >= 0.3 is 0 Å². The van der Waals surface area contributed by atoms with E-state index in [4.69, 9.17) is 0 Å². The zero-order valence-electron chi connectivity index (χ0n) is 10.9. The first-order chi connectivity index (χ1) is 9.33. The number of nitrogens with zero attached hydrogens (tertiary/aromatic N) is 1. The zero-order chi connectivity index (χ0) is 13.1. The summed E-state index contributed by atoms with van der Waals surface area (Å²) in [6.45, 7) is 3.16. The normalized spacial score (nSPS) is 16.6. The van der Waals surface area contributed by atoms with Gasteiger partial charge in [-0.15, -0.1) is 0 Å². The van der Waals surface area contributed by atoms with Gasteiger partial charge in [-0.25, -0.2) is 4.98 Å². The van der Waals surface area contributed by atoms with E-state index in [1.807, 2.05) is 18.3 Å². The number of anilines is 1. The summed E-state index contributed by atoms with van der Waals surface area (Å²) in [6, 6.07) is 7.36. The van der Waals surface area contributed by atoms with Crippen molar-refractivity contribution in [3.63, 3.8) is 0 Å². The van der Waals surface area contributed by atoms with Crippen molar-refractivity contribution in [3.8, 4) is 5.75 Å². The molecule has 0 aliphatic carbocycles. The molecular formula is C15H19N3O. The average molecular weight is 257 g/mol. The smallest absolute Gasteiger partial charge is 0.133 e. The van der Waals surface area contributed by atoms with E-state index in [0.717, 1.165) is 36.2 Å². The molecule has 4 nitrogen and oxygen atoms in total. The zero-order valence-corrected chi connectivity index (χ0v) is 10.9. The molecule has 0 radical (unpaired) electrons. The number of hydrogen-bond acceptors (Lipinski definition) is 4. The van der Waals surface area contributed by atoms with Crippen molar-refractivity contribution in [1.82, 2.24) is 10.3 Å². The summed E-state index contributed by atoms with van der Waals surface area (Å²) in [5.74, 6) is 1.85. The molecule has 19 heavy (non-hydrogen) atoms. The van der Waals surface area contributed by atoms with Crippen molar-refractivity contribution in [1.29, 1.82) is 0 Å². The Kier molecular flexibility index (Phi) is 3.51. The van der Waals surface area contributed by atoms with Gasteiger partial charge in [-0.1, -0.05) is 6.07 Å². The van der Waals surface area contributed by atoms with E-state index in [9.17, 15) is 5.11 Å². The maximum Gasteiger partial charge on any atom is 0.133 e. The second kappa shape index (κ2) is 5.45. The quantitative estimate of drug-likeness (QED) is 0.790. The van der Waals surface area contributed by atoms with Crippen LogP contribution in [-0.4, -0.2) is 29.7 Å². The second-order valence-electron chi connectivity index (χ2n) is 5.14. The van der Waals surface area contributed by atoms with E-state index < -0.39 is 0 Å². The van der Waals surface area contributed by atoms with Gasteiger partial charge in [0.15, 0.2) is 0 Å². The standard InChI is InChI=1S/C15H19N3O/c19-13-2-1-12-5-8-17-15(14(12)9-13)18-10-11-3-6-16-7-4-11/h1-2,5,8-9,11,16,19H,3-4,6-7,10H2,(H,17,18). The molecule has 100 valence electrons. The third kappa shape index (κ3) is 2.79. The first-order valence-electron chi connectivity index (χ1n) is 6.85. The fourth-order valence-corrected chi connectivity index (χ4v) is 2.62. The Labute approximate surface area is 112 Å². The molecule has 2 heterocycles. The van der Waals surface area contributed by atoms with Gasteiger partial charge in [0.1, 0.15) is 11.6 Å². The van der Waals surface area contributed by atoms with Crippen LogP contribution in [0.5, 0.6) is 5.75 Å². The highest BCUT2D eigenvalue weighted by atomic mass is 16.3. The third-order valence-electron chi connectivity index (χ3n) is 3.77. The Morgan fingerprint density at radius 3 is 2.95 bits per heavy atom. The fourth-order valence-electron chi connectivity index (χ4n) is 2.62. The van der Waals surface area contributed by atoms with Crippen LogP contribution in [0.1, 0.15) is 12.8 Å². The number of aromatic nitrogens is 1.